The van der Waals surface area contributed by atoms with Crippen molar-refractivity contribution >= 4 is 27.6 Å². The van der Waals surface area contributed by atoms with Gasteiger partial charge in [0.2, 0.25) is 10.0 Å². The van der Waals surface area contributed by atoms with E-state index < -0.39 is 10.0 Å². The van der Waals surface area contributed by atoms with Crippen LogP contribution in [0, 0.1) is 0 Å². The minimum absolute atomic E-state index is 0.0871. The highest BCUT2D eigenvalue weighted by Gasteiger charge is 2.07. The minimum atomic E-state index is -3.71. The SMILES string of the molecule is CCNC(=NCc1cccc(S(N)(=O)=O)c1)NCCc1cccc(Cl)c1. The van der Waals surface area contributed by atoms with Crippen LogP contribution >= 0.6 is 11.6 Å². The zero-order chi connectivity index (χ0) is 19.0. The molecule has 4 N–H and O–H groups in total. The molecule has 140 valence electrons. The summed E-state index contributed by atoms with van der Waals surface area (Å²) in [5, 5.41) is 12.3. The van der Waals surface area contributed by atoms with Crippen LogP contribution in [0.4, 0.5) is 0 Å². The molecule has 2 aromatic carbocycles. The Bertz CT molecular complexity index is 869. The third-order valence-electron chi connectivity index (χ3n) is 3.59. The van der Waals surface area contributed by atoms with Gasteiger partial charge in [-0.05, 0) is 48.7 Å². The minimum Gasteiger partial charge on any atom is -0.357 e. The van der Waals surface area contributed by atoms with Gasteiger partial charge in [-0.1, -0.05) is 35.9 Å². The van der Waals surface area contributed by atoms with E-state index in [1.54, 1.807) is 6.07 Å². The predicted octanol–water partition coefficient (Wildman–Crippen LogP) is 2.29. The molecule has 0 saturated carbocycles. The van der Waals surface area contributed by atoms with Gasteiger partial charge in [-0.25, -0.2) is 18.5 Å². The number of guanidine groups is 1. The molecule has 0 bridgehead atoms. The topological polar surface area (TPSA) is 96.6 Å². The van der Waals surface area contributed by atoms with Crippen LogP contribution in [-0.2, 0) is 23.0 Å². The number of nitrogens with one attached hydrogen (secondary N) is 2. The van der Waals surface area contributed by atoms with Gasteiger partial charge in [0.05, 0.1) is 11.4 Å². The third-order valence-corrected chi connectivity index (χ3v) is 4.73. The number of nitrogens with zero attached hydrogens (tertiary/aromatic N) is 1. The largest absolute Gasteiger partial charge is 0.357 e. The summed E-state index contributed by atoms with van der Waals surface area (Å²) in [6.45, 7) is 3.75. The lowest BCUT2D eigenvalue weighted by molar-refractivity contribution is 0.597. The van der Waals surface area contributed by atoms with Crippen LogP contribution in [0.3, 0.4) is 0 Å². The highest BCUT2D eigenvalue weighted by atomic mass is 35.5. The first-order chi connectivity index (χ1) is 12.4. The second-order valence-corrected chi connectivity index (χ2v) is 7.69. The van der Waals surface area contributed by atoms with Gasteiger partial charge in [0.25, 0.3) is 0 Å². The number of nitrogens with two attached hydrogens (primary N) is 1. The maximum Gasteiger partial charge on any atom is 0.238 e. The fraction of sp³-hybridized carbons (Fsp3) is 0.278. The van der Waals surface area contributed by atoms with Crippen LogP contribution in [0.1, 0.15) is 18.1 Å². The molecule has 0 heterocycles. The Balaban J connectivity index is 1.98. The monoisotopic (exact) mass is 394 g/mol. The first kappa shape index (κ1) is 20.2. The number of hydrogen-bond donors (Lipinski definition) is 3. The Morgan fingerprint density at radius 3 is 2.54 bits per heavy atom. The summed E-state index contributed by atoms with van der Waals surface area (Å²) >= 11 is 5.99. The van der Waals surface area contributed by atoms with Crippen molar-refractivity contribution in [2.45, 2.75) is 24.8 Å². The zero-order valence-electron chi connectivity index (χ0n) is 14.6. The molecular weight excluding hydrogens is 372 g/mol. The molecule has 0 saturated heterocycles. The summed E-state index contributed by atoms with van der Waals surface area (Å²) in [7, 11) is -3.71. The number of halogens is 1. The number of sulfonamides is 1. The summed E-state index contributed by atoms with van der Waals surface area (Å²) in [6.07, 6.45) is 0.811. The molecular formula is C18H23ClN4O2S. The van der Waals surface area contributed by atoms with Crippen molar-refractivity contribution in [1.82, 2.24) is 10.6 Å². The average molecular weight is 395 g/mol. The summed E-state index contributed by atoms with van der Waals surface area (Å²) in [6, 6.07) is 14.2. The van der Waals surface area contributed by atoms with Crippen molar-refractivity contribution < 1.29 is 8.42 Å². The molecule has 6 nitrogen and oxygen atoms in total. The normalized spacial score (nSPS) is 12.0. The molecule has 8 heteroatoms. The van der Waals surface area contributed by atoms with E-state index in [-0.39, 0.29) is 4.90 Å². The van der Waals surface area contributed by atoms with E-state index in [0.717, 1.165) is 29.1 Å². The Kier molecular flexibility index (Phi) is 7.44. The van der Waals surface area contributed by atoms with Crippen molar-refractivity contribution in [3.63, 3.8) is 0 Å². The van der Waals surface area contributed by atoms with Crippen molar-refractivity contribution in [3.05, 3.63) is 64.7 Å². The Labute approximate surface area is 159 Å². The van der Waals surface area contributed by atoms with E-state index in [9.17, 15) is 8.42 Å². The molecule has 0 fully saturated rings. The van der Waals surface area contributed by atoms with E-state index in [1.165, 1.54) is 12.1 Å². The van der Waals surface area contributed by atoms with Crippen molar-refractivity contribution in [1.29, 1.82) is 0 Å². The van der Waals surface area contributed by atoms with Gasteiger partial charge < -0.3 is 10.6 Å². The first-order valence-corrected chi connectivity index (χ1v) is 10.2. The molecule has 2 rings (SSSR count). The molecule has 0 unspecified atom stereocenters. The Morgan fingerprint density at radius 2 is 1.85 bits per heavy atom. The maximum atomic E-state index is 11.4. The van der Waals surface area contributed by atoms with Gasteiger partial charge in [0.1, 0.15) is 0 Å². The van der Waals surface area contributed by atoms with Crippen molar-refractivity contribution in [2.75, 3.05) is 13.1 Å². The number of aliphatic imine (C=N–C) groups is 1. The lowest BCUT2D eigenvalue weighted by atomic mass is 10.1. The highest BCUT2D eigenvalue weighted by molar-refractivity contribution is 7.89. The van der Waals surface area contributed by atoms with Crippen LogP contribution in [0.25, 0.3) is 0 Å². The van der Waals surface area contributed by atoms with Gasteiger partial charge in [-0.3, -0.25) is 0 Å². The number of primary sulfonamides is 1. The molecule has 0 atom stereocenters. The molecule has 0 radical (unpaired) electrons. The highest BCUT2D eigenvalue weighted by Crippen LogP contribution is 2.11. The van der Waals surface area contributed by atoms with E-state index in [0.29, 0.717) is 19.0 Å². The second kappa shape index (κ2) is 9.56. The van der Waals surface area contributed by atoms with Crippen LogP contribution in [0.2, 0.25) is 5.02 Å². The van der Waals surface area contributed by atoms with Crippen molar-refractivity contribution in [3.8, 4) is 0 Å². The molecule has 0 aliphatic heterocycles. The molecule has 0 spiro atoms. The smallest absolute Gasteiger partial charge is 0.238 e. The summed E-state index contributed by atoms with van der Waals surface area (Å²) in [5.74, 6) is 0.663. The molecule has 2 aromatic rings. The van der Waals surface area contributed by atoms with Gasteiger partial charge in [0.15, 0.2) is 5.96 Å². The molecule has 0 aromatic heterocycles. The fourth-order valence-electron chi connectivity index (χ4n) is 2.35. The third kappa shape index (κ3) is 6.67. The number of benzene rings is 2. The van der Waals surface area contributed by atoms with Gasteiger partial charge >= 0.3 is 0 Å². The molecule has 26 heavy (non-hydrogen) atoms. The lowest BCUT2D eigenvalue weighted by Gasteiger charge is -2.11. The molecule has 0 amide bonds. The summed E-state index contributed by atoms with van der Waals surface area (Å²) in [5.41, 5.74) is 1.91. The predicted molar refractivity (Wildman–Crippen MR) is 106 cm³/mol. The molecule has 0 aliphatic rings. The van der Waals surface area contributed by atoms with E-state index in [4.69, 9.17) is 16.7 Å². The quantitative estimate of drug-likeness (QED) is 0.495. The van der Waals surface area contributed by atoms with Crippen LogP contribution in [0.15, 0.2) is 58.4 Å². The van der Waals surface area contributed by atoms with E-state index in [1.807, 2.05) is 37.3 Å². The molecule has 0 aliphatic carbocycles. The van der Waals surface area contributed by atoms with E-state index in [2.05, 4.69) is 15.6 Å². The van der Waals surface area contributed by atoms with Crippen LogP contribution < -0.4 is 15.8 Å². The van der Waals surface area contributed by atoms with Crippen molar-refractivity contribution in [2.24, 2.45) is 10.1 Å². The zero-order valence-corrected chi connectivity index (χ0v) is 16.1. The number of rotatable bonds is 7. The average Bonchev–Trinajstić information content (AvgIpc) is 2.59. The van der Waals surface area contributed by atoms with Gasteiger partial charge in [-0.15, -0.1) is 0 Å². The lowest BCUT2D eigenvalue weighted by Crippen LogP contribution is -2.38. The first-order valence-electron chi connectivity index (χ1n) is 8.27. The Morgan fingerprint density at radius 1 is 1.12 bits per heavy atom. The van der Waals surface area contributed by atoms with Gasteiger partial charge in [-0.2, -0.15) is 0 Å². The van der Waals surface area contributed by atoms with Crippen LogP contribution in [-0.4, -0.2) is 27.5 Å². The van der Waals surface area contributed by atoms with Gasteiger partial charge in [0, 0.05) is 18.1 Å². The second-order valence-electron chi connectivity index (χ2n) is 5.69. The Hall–Kier alpha value is -2.09. The fourth-order valence-corrected chi connectivity index (χ4v) is 3.15. The maximum absolute atomic E-state index is 11.4. The van der Waals surface area contributed by atoms with Crippen LogP contribution in [0.5, 0.6) is 0 Å². The standard InChI is InChI=1S/C18H23ClN4O2S/c1-2-21-18(22-10-9-14-5-3-7-16(19)11-14)23-13-15-6-4-8-17(12-15)26(20,24)25/h3-8,11-12H,2,9-10,13H2,1H3,(H2,20,24,25)(H2,21,22,23). The summed E-state index contributed by atoms with van der Waals surface area (Å²) in [4.78, 5) is 4.58. The number of hydrogen-bond acceptors (Lipinski definition) is 3. The van der Waals surface area contributed by atoms with E-state index >= 15 is 0 Å². The summed E-state index contributed by atoms with van der Waals surface area (Å²) < 4.78 is 22.9.